The number of hydrogen-bond acceptors (Lipinski definition) is 7. The molecule has 0 unspecified atom stereocenters. The summed E-state index contributed by atoms with van der Waals surface area (Å²) in [5.74, 6) is 0.545. The van der Waals surface area contributed by atoms with Gasteiger partial charge in [-0.05, 0) is 35.7 Å². The molecule has 38 heavy (non-hydrogen) atoms. The smallest absolute Gasteiger partial charge is 0.224 e. The summed E-state index contributed by atoms with van der Waals surface area (Å²) in [4.78, 5) is 38.5. The highest BCUT2D eigenvalue weighted by Gasteiger charge is 2.18. The highest BCUT2D eigenvalue weighted by Crippen LogP contribution is 2.31. The second-order valence-electron chi connectivity index (χ2n) is 10.3. The van der Waals surface area contributed by atoms with Gasteiger partial charge in [0.2, 0.25) is 5.91 Å². The first-order valence-corrected chi connectivity index (χ1v) is 12.2. The van der Waals surface area contributed by atoms with Crippen LogP contribution in [0.3, 0.4) is 0 Å². The number of amides is 1. The number of pyridine rings is 4. The molecule has 188 valence electrons. The van der Waals surface area contributed by atoms with Crippen LogP contribution in [0.4, 0.5) is 5.69 Å². The van der Waals surface area contributed by atoms with Gasteiger partial charge in [0, 0.05) is 42.3 Å². The molecular weight excluding hydrogens is 478 g/mol. The maximum atomic E-state index is 12.4. The van der Waals surface area contributed by atoms with Gasteiger partial charge in [-0.1, -0.05) is 26.8 Å². The van der Waals surface area contributed by atoms with Crippen LogP contribution < -0.4 is 5.32 Å². The molecule has 10 nitrogen and oxygen atoms in total. The molecule has 0 fully saturated rings. The molecule has 0 saturated carbocycles. The summed E-state index contributed by atoms with van der Waals surface area (Å²) < 4.78 is 0. The lowest BCUT2D eigenvalue weighted by Crippen LogP contribution is -2.19. The van der Waals surface area contributed by atoms with Crippen LogP contribution in [-0.4, -0.2) is 46.0 Å². The van der Waals surface area contributed by atoms with E-state index in [4.69, 9.17) is 4.98 Å². The number of nitrogens with zero attached hydrogens (tertiary/aromatic N) is 6. The van der Waals surface area contributed by atoms with E-state index in [0.29, 0.717) is 40.5 Å². The minimum atomic E-state index is -0.104. The molecule has 6 aromatic heterocycles. The van der Waals surface area contributed by atoms with Crippen molar-refractivity contribution in [2.24, 2.45) is 5.41 Å². The van der Waals surface area contributed by atoms with Crippen molar-refractivity contribution in [3.8, 4) is 34.0 Å². The third-order valence-electron chi connectivity index (χ3n) is 6.00. The van der Waals surface area contributed by atoms with Gasteiger partial charge in [0.1, 0.15) is 16.9 Å². The fourth-order valence-electron chi connectivity index (χ4n) is 4.33. The van der Waals surface area contributed by atoms with Crippen LogP contribution in [0, 0.1) is 5.41 Å². The molecule has 3 N–H and O–H groups in total. The minimum Gasteiger partial charge on any atom is -0.336 e. The molecule has 6 rings (SSSR count). The Bertz CT molecular complexity index is 1780. The van der Waals surface area contributed by atoms with Gasteiger partial charge in [0.25, 0.3) is 0 Å². The Balaban J connectivity index is 1.36. The van der Waals surface area contributed by atoms with Gasteiger partial charge in [0.05, 0.1) is 28.5 Å². The predicted octanol–water partition coefficient (Wildman–Crippen LogP) is 5.39. The number of nitrogens with one attached hydrogen (secondary N) is 3. The molecule has 0 radical (unpaired) electrons. The quantitative estimate of drug-likeness (QED) is 0.286. The van der Waals surface area contributed by atoms with E-state index in [1.165, 1.54) is 0 Å². The van der Waals surface area contributed by atoms with E-state index in [2.05, 4.69) is 40.4 Å². The number of fused-ring (bicyclic) bond motifs is 2. The van der Waals surface area contributed by atoms with Crippen molar-refractivity contribution in [1.82, 2.24) is 40.1 Å². The van der Waals surface area contributed by atoms with Crippen molar-refractivity contribution < 1.29 is 4.79 Å². The maximum Gasteiger partial charge on any atom is 0.224 e. The Labute approximate surface area is 218 Å². The zero-order valence-corrected chi connectivity index (χ0v) is 21.1. The van der Waals surface area contributed by atoms with Crippen molar-refractivity contribution in [1.29, 1.82) is 0 Å². The normalized spacial score (nSPS) is 11.8. The van der Waals surface area contributed by atoms with Gasteiger partial charge >= 0.3 is 0 Å². The van der Waals surface area contributed by atoms with E-state index >= 15 is 0 Å². The molecule has 0 spiro atoms. The lowest BCUT2D eigenvalue weighted by Gasteiger charge is -2.17. The molecule has 6 heterocycles. The molecule has 6 aromatic rings. The van der Waals surface area contributed by atoms with Gasteiger partial charge < -0.3 is 10.3 Å². The Morgan fingerprint density at radius 1 is 0.947 bits per heavy atom. The van der Waals surface area contributed by atoms with Crippen LogP contribution in [0.5, 0.6) is 0 Å². The molecule has 0 atom stereocenters. The van der Waals surface area contributed by atoms with Crippen molar-refractivity contribution in [3.63, 3.8) is 0 Å². The highest BCUT2D eigenvalue weighted by molar-refractivity contribution is 5.96. The first-order valence-electron chi connectivity index (χ1n) is 12.2. The SMILES string of the molecule is CC(C)(C)CC(=O)Nc1cncc(-c2cnc3[nH]nc(-c4nc5c(-c6ccccn6)nccc5[nH]4)c3c2)c1. The summed E-state index contributed by atoms with van der Waals surface area (Å²) in [6, 6.07) is 11.5. The topological polar surface area (TPSA) is 138 Å². The van der Waals surface area contributed by atoms with Gasteiger partial charge in [0.15, 0.2) is 11.5 Å². The average Bonchev–Trinajstić information content (AvgIpc) is 3.51. The minimum absolute atomic E-state index is 0.0494. The zero-order chi connectivity index (χ0) is 26.3. The molecule has 0 saturated heterocycles. The van der Waals surface area contributed by atoms with E-state index in [9.17, 15) is 4.79 Å². The van der Waals surface area contributed by atoms with Gasteiger partial charge in [-0.2, -0.15) is 5.10 Å². The third-order valence-corrected chi connectivity index (χ3v) is 6.00. The Kier molecular flexibility index (Phi) is 5.64. The molecule has 0 aliphatic carbocycles. The number of imidazole rings is 1. The summed E-state index contributed by atoms with van der Waals surface area (Å²) in [5.41, 5.74) is 6.45. The monoisotopic (exact) mass is 503 g/mol. The first kappa shape index (κ1) is 23.4. The lowest BCUT2D eigenvalue weighted by molar-refractivity contribution is -0.117. The number of H-pyrrole nitrogens is 2. The summed E-state index contributed by atoms with van der Waals surface area (Å²) in [6.07, 6.45) is 9.02. The molecule has 0 aliphatic rings. The van der Waals surface area contributed by atoms with Crippen LogP contribution in [0.15, 0.2) is 67.4 Å². The molecule has 0 aliphatic heterocycles. The fraction of sp³-hybridized carbons (Fsp3) is 0.179. The standard InChI is InChI=1S/C28H25N9O/c1-28(2,3)12-22(38)33-18-10-16(13-29-15-18)17-11-19-23(36-37-26(19)32-14-17)27-34-21-7-9-31-24(25(21)35-27)20-6-4-5-8-30-20/h4-11,13-15H,12H2,1-3H3,(H,33,38)(H,34,35)(H,32,36,37). The number of anilines is 1. The van der Waals surface area contributed by atoms with E-state index < -0.39 is 0 Å². The first-order chi connectivity index (χ1) is 18.3. The van der Waals surface area contributed by atoms with E-state index in [0.717, 1.165) is 27.7 Å². The van der Waals surface area contributed by atoms with Gasteiger partial charge in [-0.25, -0.2) is 9.97 Å². The van der Waals surface area contributed by atoms with Crippen molar-refractivity contribution in [3.05, 3.63) is 67.4 Å². The zero-order valence-electron chi connectivity index (χ0n) is 21.1. The van der Waals surface area contributed by atoms with Crippen molar-refractivity contribution in [2.75, 3.05) is 5.32 Å². The van der Waals surface area contributed by atoms with Gasteiger partial charge in [-0.15, -0.1) is 0 Å². The number of carbonyl (C=O) groups excluding carboxylic acids is 1. The highest BCUT2D eigenvalue weighted by atomic mass is 16.1. The van der Waals surface area contributed by atoms with Crippen LogP contribution in [-0.2, 0) is 4.79 Å². The molecular formula is C28H25N9O. The molecule has 0 aromatic carbocycles. The number of aromatic nitrogens is 8. The van der Waals surface area contributed by atoms with Crippen LogP contribution in [0.2, 0.25) is 0 Å². The molecule has 10 heteroatoms. The van der Waals surface area contributed by atoms with Crippen LogP contribution >= 0.6 is 0 Å². The molecule has 1 amide bonds. The fourth-order valence-corrected chi connectivity index (χ4v) is 4.33. The van der Waals surface area contributed by atoms with E-state index in [1.54, 1.807) is 31.0 Å². The van der Waals surface area contributed by atoms with Gasteiger partial charge in [-0.3, -0.25) is 24.8 Å². The summed E-state index contributed by atoms with van der Waals surface area (Å²) in [7, 11) is 0. The van der Waals surface area contributed by atoms with E-state index in [-0.39, 0.29) is 11.3 Å². The van der Waals surface area contributed by atoms with Crippen molar-refractivity contribution >= 4 is 33.7 Å². The van der Waals surface area contributed by atoms with Crippen LogP contribution in [0.1, 0.15) is 27.2 Å². The second-order valence-corrected chi connectivity index (χ2v) is 10.3. The summed E-state index contributed by atoms with van der Waals surface area (Å²) in [5, 5.41) is 11.2. The van der Waals surface area contributed by atoms with Crippen molar-refractivity contribution in [2.45, 2.75) is 27.2 Å². The largest absolute Gasteiger partial charge is 0.336 e. The number of hydrogen-bond donors (Lipinski definition) is 3. The summed E-state index contributed by atoms with van der Waals surface area (Å²) >= 11 is 0. The Morgan fingerprint density at radius 3 is 2.63 bits per heavy atom. The Morgan fingerprint density at radius 2 is 1.82 bits per heavy atom. The lowest BCUT2D eigenvalue weighted by atomic mass is 9.92. The number of aromatic amines is 2. The molecule has 0 bridgehead atoms. The van der Waals surface area contributed by atoms with Crippen LogP contribution in [0.25, 0.3) is 56.1 Å². The Hall–Kier alpha value is -4.99. The summed E-state index contributed by atoms with van der Waals surface area (Å²) in [6.45, 7) is 6.09. The maximum absolute atomic E-state index is 12.4. The second kappa shape index (κ2) is 9.15. The van der Waals surface area contributed by atoms with E-state index in [1.807, 2.05) is 57.2 Å². The third kappa shape index (κ3) is 4.59. The average molecular weight is 504 g/mol. The predicted molar refractivity (Wildman–Crippen MR) is 146 cm³/mol. The number of carbonyl (C=O) groups is 1. The number of rotatable bonds is 5.